The van der Waals surface area contributed by atoms with E-state index in [1.165, 1.54) is 6.07 Å². The third-order valence-electron chi connectivity index (χ3n) is 6.68. The van der Waals surface area contributed by atoms with E-state index in [-0.39, 0.29) is 36.3 Å². The summed E-state index contributed by atoms with van der Waals surface area (Å²) in [6.45, 7) is 16.8. The van der Waals surface area contributed by atoms with Crippen molar-refractivity contribution >= 4 is 12.0 Å². The van der Waals surface area contributed by atoms with Crippen LogP contribution in [-0.4, -0.2) is 61.5 Å². The van der Waals surface area contributed by atoms with Crippen LogP contribution < -0.4 is 10.1 Å². The van der Waals surface area contributed by atoms with Crippen molar-refractivity contribution in [1.82, 2.24) is 10.2 Å². The lowest BCUT2D eigenvalue weighted by Gasteiger charge is -2.37. The van der Waals surface area contributed by atoms with Crippen LogP contribution in [0.3, 0.4) is 0 Å². The predicted molar refractivity (Wildman–Crippen MR) is 167 cm³/mol. The molecule has 8 heteroatoms. The summed E-state index contributed by atoms with van der Waals surface area (Å²) < 4.78 is 31.8. The Kier molecular flexibility index (Phi) is 13.8. The zero-order chi connectivity index (χ0) is 31.4. The van der Waals surface area contributed by atoms with Gasteiger partial charge in [0.2, 0.25) is 0 Å². The van der Waals surface area contributed by atoms with Crippen molar-refractivity contribution in [2.24, 2.45) is 5.92 Å². The van der Waals surface area contributed by atoms with Gasteiger partial charge in [0.1, 0.15) is 17.2 Å². The van der Waals surface area contributed by atoms with E-state index >= 15 is 0 Å². The first-order valence-corrected chi connectivity index (χ1v) is 15.1. The zero-order valence-corrected chi connectivity index (χ0v) is 27.0. The third-order valence-corrected chi connectivity index (χ3v) is 6.68. The van der Waals surface area contributed by atoms with Crippen LogP contribution >= 0.6 is 0 Å². The first-order chi connectivity index (χ1) is 19.8. The van der Waals surface area contributed by atoms with Crippen molar-refractivity contribution < 1.29 is 28.2 Å². The van der Waals surface area contributed by atoms with Gasteiger partial charge in [0.25, 0.3) is 5.91 Å². The molecule has 42 heavy (non-hydrogen) atoms. The molecular weight excluding hydrogens is 535 g/mol. The number of carbonyl (C=O) groups excluding carboxylic acids is 2. The van der Waals surface area contributed by atoms with Gasteiger partial charge in [-0.2, -0.15) is 0 Å². The number of methoxy groups -OCH3 is 1. The molecule has 0 fully saturated rings. The number of carbonyl (C=O) groups is 2. The number of benzene rings is 2. The highest BCUT2D eigenvalue weighted by molar-refractivity contribution is 5.98. The number of nitrogens with zero attached hydrogens (tertiary/aromatic N) is 1. The number of halogens is 1. The van der Waals surface area contributed by atoms with Crippen LogP contribution in [0.2, 0.25) is 0 Å². The van der Waals surface area contributed by atoms with Crippen LogP contribution in [0.15, 0.2) is 36.4 Å². The van der Waals surface area contributed by atoms with Gasteiger partial charge >= 0.3 is 6.09 Å². The highest BCUT2D eigenvalue weighted by atomic mass is 19.1. The Balaban J connectivity index is 2.59. The molecule has 7 nitrogen and oxygen atoms in total. The minimum Gasteiger partial charge on any atom is -0.493 e. The topological polar surface area (TPSA) is 77.1 Å². The molecule has 0 bridgehead atoms. The number of nitrogens with one attached hydrogen (secondary N) is 1. The standard InChI is InChI=1S/C34H51FN2O5/c1-10-14-25-20-29(27-15-11-12-16-30(27)35)31(41-18-13-17-40-9)21-28(25)32(38)37(24(4)5)26(19-23(2)3)22-36-33(39)42-34(6,7)8/h11-12,15-16,20-21,23-24,26H,10,13-14,17-19,22H2,1-9H3,(H,36,39)/t26-/m1/s1. The molecule has 0 aliphatic rings. The molecule has 0 spiro atoms. The van der Waals surface area contributed by atoms with Crippen molar-refractivity contribution in [3.8, 4) is 16.9 Å². The maximum absolute atomic E-state index is 15.0. The second kappa shape index (κ2) is 16.5. The Morgan fingerprint density at radius 2 is 1.71 bits per heavy atom. The SMILES string of the molecule is CCCc1cc(-c2ccccc2F)c(OCCCOC)cc1C(=O)N(C(C)C)[C@@H](CNC(=O)OC(C)(C)C)CC(C)C. The molecule has 0 aliphatic heterocycles. The fourth-order valence-corrected chi connectivity index (χ4v) is 5.01. The average molecular weight is 587 g/mol. The van der Waals surface area contributed by atoms with Crippen LogP contribution in [0.5, 0.6) is 5.75 Å². The highest BCUT2D eigenvalue weighted by Crippen LogP contribution is 2.36. The quantitative estimate of drug-likeness (QED) is 0.217. The van der Waals surface area contributed by atoms with Gasteiger partial charge in [-0.05, 0) is 77.1 Å². The number of amides is 2. The summed E-state index contributed by atoms with van der Waals surface area (Å²) in [5.74, 6) is 0.236. The average Bonchev–Trinajstić information content (AvgIpc) is 2.89. The third kappa shape index (κ3) is 10.6. The van der Waals surface area contributed by atoms with E-state index in [0.717, 1.165) is 12.0 Å². The molecule has 0 unspecified atom stereocenters. The highest BCUT2D eigenvalue weighted by Gasteiger charge is 2.31. The molecule has 2 aromatic carbocycles. The Morgan fingerprint density at radius 1 is 1.02 bits per heavy atom. The summed E-state index contributed by atoms with van der Waals surface area (Å²) in [6.07, 6.45) is 2.28. The molecule has 2 aromatic rings. The van der Waals surface area contributed by atoms with Gasteiger partial charge in [-0.1, -0.05) is 45.4 Å². The van der Waals surface area contributed by atoms with E-state index in [9.17, 15) is 14.0 Å². The number of hydrogen-bond acceptors (Lipinski definition) is 5. The normalized spacial score (nSPS) is 12.4. The minimum absolute atomic E-state index is 0.145. The van der Waals surface area contributed by atoms with E-state index in [0.29, 0.717) is 54.9 Å². The van der Waals surface area contributed by atoms with E-state index in [1.54, 1.807) is 31.4 Å². The van der Waals surface area contributed by atoms with Crippen molar-refractivity contribution in [2.75, 3.05) is 26.9 Å². The first kappa shape index (κ1) is 35.1. The minimum atomic E-state index is -0.625. The fraction of sp³-hybridized carbons (Fsp3) is 0.588. The molecule has 1 atom stereocenters. The maximum atomic E-state index is 15.0. The molecule has 234 valence electrons. The summed E-state index contributed by atoms with van der Waals surface area (Å²) in [5.41, 5.74) is 1.78. The second-order valence-electron chi connectivity index (χ2n) is 12.4. The Morgan fingerprint density at radius 3 is 2.29 bits per heavy atom. The summed E-state index contributed by atoms with van der Waals surface area (Å²) >= 11 is 0. The Labute approximate surface area is 252 Å². The number of alkyl carbamates (subject to hydrolysis) is 1. The molecule has 1 N–H and O–H groups in total. The molecule has 0 radical (unpaired) electrons. The molecule has 0 aromatic heterocycles. The van der Waals surface area contributed by atoms with Gasteiger partial charge in [-0.3, -0.25) is 4.79 Å². The van der Waals surface area contributed by atoms with Crippen molar-refractivity contribution in [2.45, 2.75) is 98.8 Å². The molecule has 2 rings (SSSR count). The van der Waals surface area contributed by atoms with E-state index in [2.05, 4.69) is 26.1 Å². The molecule has 2 amide bonds. The van der Waals surface area contributed by atoms with Crippen molar-refractivity contribution in [3.05, 3.63) is 53.3 Å². The molecule has 0 heterocycles. The number of ether oxygens (including phenoxy) is 3. The Hall–Kier alpha value is -3.13. The molecule has 0 saturated carbocycles. The van der Waals surface area contributed by atoms with E-state index < -0.39 is 11.7 Å². The number of hydrogen-bond donors (Lipinski definition) is 1. The molecule has 0 aliphatic carbocycles. The fourth-order valence-electron chi connectivity index (χ4n) is 5.01. The smallest absolute Gasteiger partial charge is 0.407 e. The van der Waals surface area contributed by atoms with Crippen molar-refractivity contribution in [1.29, 1.82) is 0 Å². The number of rotatable bonds is 15. The van der Waals surface area contributed by atoms with Crippen LogP contribution in [0, 0.1) is 11.7 Å². The lowest BCUT2D eigenvalue weighted by Crippen LogP contribution is -2.51. The summed E-state index contributed by atoms with van der Waals surface area (Å²) in [6, 6.07) is 9.86. The van der Waals surface area contributed by atoms with Gasteiger partial charge < -0.3 is 24.4 Å². The van der Waals surface area contributed by atoms with Crippen LogP contribution in [0.4, 0.5) is 9.18 Å². The van der Waals surface area contributed by atoms with Gasteiger partial charge in [-0.25, -0.2) is 9.18 Å². The molecular formula is C34H51FN2O5. The van der Waals surface area contributed by atoms with Crippen molar-refractivity contribution in [3.63, 3.8) is 0 Å². The Bertz CT molecular complexity index is 1160. The van der Waals surface area contributed by atoms with E-state index in [4.69, 9.17) is 14.2 Å². The van der Waals surface area contributed by atoms with Crippen LogP contribution in [0.25, 0.3) is 11.1 Å². The molecule has 0 saturated heterocycles. The van der Waals surface area contributed by atoms with Gasteiger partial charge in [-0.15, -0.1) is 0 Å². The summed E-state index contributed by atoms with van der Waals surface area (Å²) in [7, 11) is 1.63. The zero-order valence-electron chi connectivity index (χ0n) is 27.0. The number of aryl methyl sites for hydroxylation is 1. The first-order valence-electron chi connectivity index (χ1n) is 15.1. The largest absolute Gasteiger partial charge is 0.493 e. The monoisotopic (exact) mass is 586 g/mol. The summed E-state index contributed by atoms with van der Waals surface area (Å²) in [4.78, 5) is 28.8. The maximum Gasteiger partial charge on any atom is 0.407 e. The van der Waals surface area contributed by atoms with Crippen LogP contribution in [-0.2, 0) is 15.9 Å². The lowest BCUT2D eigenvalue weighted by molar-refractivity contribution is 0.0448. The van der Waals surface area contributed by atoms with Gasteiger partial charge in [0.05, 0.1) is 12.6 Å². The predicted octanol–water partition coefficient (Wildman–Crippen LogP) is 7.65. The summed E-state index contributed by atoms with van der Waals surface area (Å²) in [5, 5.41) is 2.88. The van der Waals surface area contributed by atoms with Gasteiger partial charge in [0, 0.05) is 49.4 Å². The van der Waals surface area contributed by atoms with Crippen LogP contribution in [0.1, 0.15) is 90.6 Å². The van der Waals surface area contributed by atoms with E-state index in [1.807, 2.05) is 45.6 Å². The lowest BCUT2D eigenvalue weighted by atomic mass is 9.93. The van der Waals surface area contributed by atoms with Gasteiger partial charge in [0.15, 0.2) is 0 Å². The second-order valence-corrected chi connectivity index (χ2v) is 12.4.